The Labute approximate surface area is 176 Å². The van der Waals surface area contributed by atoms with Gasteiger partial charge in [-0.3, -0.25) is 9.78 Å². The highest BCUT2D eigenvalue weighted by atomic mass is 19.1. The lowest BCUT2D eigenvalue weighted by Crippen LogP contribution is -2.39. The van der Waals surface area contributed by atoms with Crippen LogP contribution in [0.5, 0.6) is 0 Å². The number of pyridine rings is 1. The summed E-state index contributed by atoms with van der Waals surface area (Å²) in [6.45, 7) is 2.05. The van der Waals surface area contributed by atoms with Gasteiger partial charge < -0.3 is 5.32 Å². The summed E-state index contributed by atoms with van der Waals surface area (Å²) in [4.78, 5) is 17.4. The van der Waals surface area contributed by atoms with Crippen LogP contribution in [0.15, 0.2) is 54.7 Å². The SMILES string of the molecule is Cc1ccc(NC(=O)[C@@H]2CC[C@@H]3C[C@H]2CC[C@@H]3c2ccnc3ccc(F)cc23)cc1. The van der Waals surface area contributed by atoms with Gasteiger partial charge in [-0.15, -0.1) is 0 Å². The second-order valence-electron chi connectivity index (χ2n) is 9.04. The van der Waals surface area contributed by atoms with Crippen molar-refractivity contribution in [2.75, 3.05) is 5.32 Å². The lowest BCUT2D eigenvalue weighted by Gasteiger charge is -2.44. The van der Waals surface area contributed by atoms with E-state index in [-0.39, 0.29) is 17.6 Å². The number of benzene rings is 2. The van der Waals surface area contributed by atoms with E-state index >= 15 is 0 Å². The van der Waals surface area contributed by atoms with Crippen molar-refractivity contribution in [3.05, 3.63) is 71.7 Å². The maximum atomic E-state index is 13.9. The van der Waals surface area contributed by atoms with Crippen LogP contribution in [0, 0.1) is 30.5 Å². The fourth-order valence-corrected chi connectivity index (χ4v) is 5.70. The van der Waals surface area contributed by atoms with Gasteiger partial charge in [0, 0.05) is 23.2 Å². The van der Waals surface area contributed by atoms with Gasteiger partial charge in [0.15, 0.2) is 0 Å². The molecule has 1 N–H and O–H groups in total. The van der Waals surface area contributed by atoms with E-state index in [4.69, 9.17) is 0 Å². The summed E-state index contributed by atoms with van der Waals surface area (Å²) in [6.07, 6.45) is 7.01. The van der Waals surface area contributed by atoms with Crippen LogP contribution in [0.1, 0.15) is 49.1 Å². The van der Waals surface area contributed by atoms with Crippen LogP contribution in [0.25, 0.3) is 10.9 Å². The Hall–Kier alpha value is -2.75. The molecule has 2 aliphatic rings. The highest BCUT2D eigenvalue weighted by Gasteiger charge is 2.42. The molecule has 4 atom stereocenters. The van der Waals surface area contributed by atoms with Gasteiger partial charge in [-0.1, -0.05) is 17.7 Å². The topological polar surface area (TPSA) is 42.0 Å². The lowest BCUT2D eigenvalue weighted by molar-refractivity contribution is -0.123. The first-order valence-electron chi connectivity index (χ1n) is 11.0. The van der Waals surface area contributed by atoms with Crippen LogP contribution in [0.2, 0.25) is 0 Å². The molecule has 0 radical (unpaired) electrons. The summed E-state index contributed by atoms with van der Waals surface area (Å²) >= 11 is 0. The fourth-order valence-electron chi connectivity index (χ4n) is 5.70. The second-order valence-corrected chi connectivity index (χ2v) is 9.04. The number of aryl methyl sites for hydroxylation is 1. The number of carbonyl (C=O) groups excluding carboxylic acids is 1. The second kappa shape index (κ2) is 7.82. The molecule has 154 valence electrons. The van der Waals surface area contributed by atoms with E-state index < -0.39 is 0 Å². The van der Waals surface area contributed by atoms with E-state index in [1.54, 1.807) is 12.1 Å². The van der Waals surface area contributed by atoms with Crippen LogP contribution in [0.4, 0.5) is 10.1 Å². The molecule has 30 heavy (non-hydrogen) atoms. The molecule has 0 saturated heterocycles. The van der Waals surface area contributed by atoms with Gasteiger partial charge in [0.1, 0.15) is 5.82 Å². The number of nitrogens with one attached hydrogen (secondary N) is 1. The zero-order chi connectivity index (χ0) is 20.7. The fraction of sp³-hybridized carbons (Fsp3) is 0.385. The van der Waals surface area contributed by atoms with Gasteiger partial charge >= 0.3 is 0 Å². The number of amides is 1. The molecule has 5 rings (SSSR count). The number of nitrogens with zero attached hydrogens (tertiary/aromatic N) is 1. The first-order chi connectivity index (χ1) is 14.6. The van der Waals surface area contributed by atoms with Crippen LogP contribution in [-0.2, 0) is 4.79 Å². The Morgan fingerprint density at radius 1 is 1.00 bits per heavy atom. The van der Waals surface area contributed by atoms with E-state index in [0.717, 1.165) is 48.7 Å². The van der Waals surface area contributed by atoms with Gasteiger partial charge in [-0.05, 0) is 98.7 Å². The molecule has 1 heterocycles. The molecular weight excluding hydrogens is 375 g/mol. The average molecular weight is 403 g/mol. The molecule has 1 aromatic heterocycles. The van der Waals surface area contributed by atoms with Crippen molar-refractivity contribution in [1.82, 2.24) is 4.98 Å². The quantitative estimate of drug-likeness (QED) is 0.564. The molecule has 2 saturated carbocycles. The molecule has 0 aliphatic heterocycles. The van der Waals surface area contributed by atoms with Crippen LogP contribution >= 0.6 is 0 Å². The molecule has 1 amide bonds. The minimum Gasteiger partial charge on any atom is -0.326 e. The summed E-state index contributed by atoms with van der Waals surface area (Å²) in [5.41, 5.74) is 4.16. The number of halogens is 1. The Morgan fingerprint density at radius 3 is 2.63 bits per heavy atom. The molecule has 2 aliphatic carbocycles. The largest absolute Gasteiger partial charge is 0.326 e. The van der Waals surface area contributed by atoms with Crippen molar-refractivity contribution in [2.45, 2.75) is 44.9 Å². The minimum atomic E-state index is -0.207. The standard InChI is InChI=1S/C26H27FN2O/c1-16-2-7-20(8-3-16)29-26(30)22-10-5-17-14-18(22)4-9-21(17)23-12-13-28-25-11-6-19(27)15-24(23)25/h2-3,6-8,11-13,15,17-18,21-22H,4-5,9-10,14H2,1H3,(H,29,30)/t17-,18-,21+,22-/m1/s1. The number of hydrogen-bond acceptors (Lipinski definition) is 2. The molecule has 3 nitrogen and oxygen atoms in total. The number of rotatable bonds is 3. The van der Waals surface area contributed by atoms with Crippen LogP contribution in [-0.4, -0.2) is 10.9 Å². The van der Waals surface area contributed by atoms with Crippen molar-refractivity contribution >= 4 is 22.5 Å². The average Bonchev–Trinajstić information content (AvgIpc) is 2.75. The summed E-state index contributed by atoms with van der Waals surface area (Å²) in [5, 5.41) is 4.07. The molecule has 2 aromatic carbocycles. The van der Waals surface area contributed by atoms with E-state index in [0.29, 0.717) is 17.8 Å². The molecule has 3 aromatic rings. The summed E-state index contributed by atoms with van der Waals surface area (Å²) < 4.78 is 13.9. The van der Waals surface area contributed by atoms with Gasteiger partial charge in [0.2, 0.25) is 5.91 Å². The van der Waals surface area contributed by atoms with Crippen molar-refractivity contribution in [3.63, 3.8) is 0 Å². The van der Waals surface area contributed by atoms with Gasteiger partial charge in [-0.25, -0.2) is 4.39 Å². The van der Waals surface area contributed by atoms with Crippen LogP contribution < -0.4 is 5.32 Å². The molecule has 2 fully saturated rings. The number of fused-ring (bicyclic) bond motifs is 3. The Morgan fingerprint density at radius 2 is 1.80 bits per heavy atom. The van der Waals surface area contributed by atoms with Crippen molar-refractivity contribution < 1.29 is 9.18 Å². The van der Waals surface area contributed by atoms with Gasteiger partial charge in [0.25, 0.3) is 0 Å². The monoisotopic (exact) mass is 402 g/mol. The number of hydrogen-bond donors (Lipinski definition) is 1. The predicted molar refractivity (Wildman–Crippen MR) is 118 cm³/mol. The van der Waals surface area contributed by atoms with Crippen molar-refractivity contribution in [1.29, 1.82) is 0 Å². The Kier molecular flexibility index (Phi) is 5.01. The molecule has 0 spiro atoms. The zero-order valence-electron chi connectivity index (χ0n) is 17.3. The highest BCUT2D eigenvalue weighted by molar-refractivity contribution is 5.92. The Bertz CT molecular complexity index is 1080. The maximum Gasteiger partial charge on any atom is 0.227 e. The first kappa shape index (κ1) is 19.2. The molecule has 0 unspecified atom stereocenters. The molecule has 4 heteroatoms. The highest BCUT2D eigenvalue weighted by Crippen LogP contribution is 2.51. The van der Waals surface area contributed by atoms with Gasteiger partial charge in [0.05, 0.1) is 5.52 Å². The summed E-state index contributed by atoms with van der Waals surface area (Å²) in [7, 11) is 0. The smallest absolute Gasteiger partial charge is 0.227 e. The van der Waals surface area contributed by atoms with E-state index in [2.05, 4.69) is 16.4 Å². The minimum absolute atomic E-state index is 0.0927. The lowest BCUT2D eigenvalue weighted by atomic mass is 9.61. The van der Waals surface area contributed by atoms with Gasteiger partial charge in [-0.2, -0.15) is 0 Å². The number of aromatic nitrogens is 1. The third-order valence-corrected chi connectivity index (χ3v) is 7.23. The van der Waals surface area contributed by atoms with E-state index in [1.807, 2.05) is 37.4 Å². The number of carbonyl (C=O) groups is 1. The normalized spacial score (nSPS) is 25.8. The number of anilines is 1. The van der Waals surface area contributed by atoms with E-state index in [1.165, 1.54) is 17.2 Å². The molecule has 2 bridgehead atoms. The summed E-state index contributed by atoms with van der Waals surface area (Å²) in [5.74, 6) is 1.47. The van der Waals surface area contributed by atoms with E-state index in [9.17, 15) is 9.18 Å². The van der Waals surface area contributed by atoms with Crippen LogP contribution in [0.3, 0.4) is 0 Å². The zero-order valence-corrected chi connectivity index (χ0v) is 17.3. The first-order valence-corrected chi connectivity index (χ1v) is 11.0. The summed E-state index contributed by atoms with van der Waals surface area (Å²) in [6, 6.07) is 15.0. The third-order valence-electron chi connectivity index (χ3n) is 7.23. The molecular formula is C26H27FN2O. The van der Waals surface area contributed by atoms with Crippen molar-refractivity contribution in [2.24, 2.45) is 17.8 Å². The van der Waals surface area contributed by atoms with Crippen molar-refractivity contribution in [3.8, 4) is 0 Å². The third kappa shape index (κ3) is 3.60. The predicted octanol–water partition coefficient (Wildman–Crippen LogP) is 6.23. The Balaban J connectivity index is 1.32. The maximum absolute atomic E-state index is 13.9.